The highest BCUT2D eigenvalue weighted by Crippen LogP contribution is 2.13. The predicted molar refractivity (Wildman–Crippen MR) is 72.7 cm³/mol. The van der Waals surface area contributed by atoms with Crippen molar-refractivity contribution in [3.8, 4) is 5.75 Å². The lowest BCUT2D eigenvalue weighted by Crippen LogP contribution is -2.38. The van der Waals surface area contributed by atoms with Crippen LogP contribution in [0.4, 0.5) is 13.2 Å². The molecule has 0 bridgehead atoms. The molecule has 0 spiro atoms. The molecular formula is C14H18F3NO4. The Morgan fingerprint density at radius 2 is 1.95 bits per heavy atom. The number of aliphatic hydroxyl groups is 1. The number of nitrogens with one attached hydrogen (secondary N) is 1. The summed E-state index contributed by atoms with van der Waals surface area (Å²) >= 11 is 0. The number of carbonyl (C=O) groups is 1. The Balaban J connectivity index is 0.000000295. The van der Waals surface area contributed by atoms with Gasteiger partial charge in [0.15, 0.2) is 0 Å². The van der Waals surface area contributed by atoms with Crippen molar-refractivity contribution in [2.75, 3.05) is 13.2 Å². The zero-order valence-corrected chi connectivity index (χ0v) is 11.7. The number of carboxylic acids is 1. The molecule has 3 N–H and O–H groups in total. The SMILES string of the molecule is O=C(O)C(F)(F)F.OC(COc1ccccc1)[C@H]1CCCN1. The molecule has 1 fully saturated rings. The summed E-state index contributed by atoms with van der Waals surface area (Å²) in [5, 5.41) is 20.2. The number of halogens is 3. The summed E-state index contributed by atoms with van der Waals surface area (Å²) in [5.41, 5.74) is 0. The van der Waals surface area contributed by atoms with E-state index in [1.807, 2.05) is 30.3 Å². The highest BCUT2D eigenvalue weighted by Gasteiger charge is 2.38. The van der Waals surface area contributed by atoms with E-state index in [4.69, 9.17) is 14.6 Å². The van der Waals surface area contributed by atoms with Crippen LogP contribution in [0.3, 0.4) is 0 Å². The van der Waals surface area contributed by atoms with Crippen molar-refractivity contribution in [3.63, 3.8) is 0 Å². The minimum absolute atomic E-state index is 0.203. The summed E-state index contributed by atoms with van der Waals surface area (Å²) in [7, 11) is 0. The summed E-state index contributed by atoms with van der Waals surface area (Å²) in [6.45, 7) is 1.37. The Labute approximate surface area is 125 Å². The van der Waals surface area contributed by atoms with E-state index >= 15 is 0 Å². The molecule has 1 heterocycles. The van der Waals surface area contributed by atoms with Gasteiger partial charge in [-0.3, -0.25) is 0 Å². The maximum absolute atomic E-state index is 10.6. The van der Waals surface area contributed by atoms with E-state index in [0.717, 1.165) is 25.1 Å². The Hall–Kier alpha value is -1.80. The lowest BCUT2D eigenvalue weighted by atomic mass is 10.1. The van der Waals surface area contributed by atoms with Gasteiger partial charge in [-0.25, -0.2) is 4.79 Å². The molecule has 22 heavy (non-hydrogen) atoms. The molecule has 124 valence electrons. The average Bonchev–Trinajstić information content (AvgIpc) is 3.00. The Bertz CT molecular complexity index is 447. The topological polar surface area (TPSA) is 78.8 Å². The van der Waals surface area contributed by atoms with E-state index in [1.165, 1.54) is 0 Å². The molecule has 5 nitrogen and oxygen atoms in total. The Kier molecular flexibility index (Phi) is 7.13. The second-order valence-corrected chi connectivity index (χ2v) is 4.70. The fourth-order valence-corrected chi connectivity index (χ4v) is 1.85. The predicted octanol–water partition coefficient (Wildman–Crippen LogP) is 1.81. The number of hydrogen-bond acceptors (Lipinski definition) is 4. The molecule has 0 aliphatic carbocycles. The van der Waals surface area contributed by atoms with Crippen molar-refractivity contribution >= 4 is 5.97 Å². The monoisotopic (exact) mass is 321 g/mol. The van der Waals surface area contributed by atoms with Crippen molar-refractivity contribution in [1.29, 1.82) is 0 Å². The number of aliphatic hydroxyl groups excluding tert-OH is 1. The Morgan fingerprint density at radius 3 is 2.41 bits per heavy atom. The molecule has 8 heteroatoms. The number of carboxylic acid groups (broad SMARTS) is 1. The van der Waals surface area contributed by atoms with Gasteiger partial charge in [0, 0.05) is 6.04 Å². The van der Waals surface area contributed by atoms with E-state index in [1.54, 1.807) is 0 Å². The second-order valence-electron chi connectivity index (χ2n) is 4.70. The third kappa shape index (κ3) is 6.77. The van der Waals surface area contributed by atoms with Crippen LogP contribution in [0.1, 0.15) is 12.8 Å². The van der Waals surface area contributed by atoms with Crippen molar-refractivity contribution in [2.24, 2.45) is 0 Å². The largest absolute Gasteiger partial charge is 0.491 e. The standard InChI is InChI=1S/C12H17NO2.C2HF3O2/c14-12(11-7-4-8-13-11)9-15-10-5-2-1-3-6-10;3-2(4,5)1(6)7/h1-3,5-6,11-14H,4,7-9H2;(H,6,7)/t11-,12?;/m1./s1. The molecular weight excluding hydrogens is 303 g/mol. The van der Waals surface area contributed by atoms with Crippen molar-refractivity contribution in [2.45, 2.75) is 31.2 Å². The summed E-state index contributed by atoms with van der Waals surface area (Å²) < 4.78 is 37.2. The third-order valence-corrected chi connectivity index (χ3v) is 2.97. The fourth-order valence-electron chi connectivity index (χ4n) is 1.85. The highest BCUT2D eigenvalue weighted by atomic mass is 19.4. The van der Waals surface area contributed by atoms with Crippen molar-refractivity contribution in [1.82, 2.24) is 5.32 Å². The number of para-hydroxylation sites is 1. The van der Waals surface area contributed by atoms with Crippen LogP contribution in [0.15, 0.2) is 30.3 Å². The number of benzene rings is 1. The van der Waals surface area contributed by atoms with Crippen LogP contribution in [0.25, 0.3) is 0 Å². The lowest BCUT2D eigenvalue weighted by molar-refractivity contribution is -0.192. The molecule has 1 aromatic rings. The Morgan fingerprint density at radius 1 is 1.36 bits per heavy atom. The van der Waals surface area contributed by atoms with Gasteiger partial charge in [-0.2, -0.15) is 13.2 Å². The molecule has 1 aliphatic rings. The zero-order chi connectivity index (χ0) is 16.6. The van der Waals surface area contributed by atoms with Gasteiger partial charge >= 0.3 is 12.1 Å². The number of aliphatic carboxylic acids is 1. The molecule has 1 saturated heterocycles. The van der Waals surface area contributed by atoms with Gasteiger partial charge in [-0.05, 0) is 31.5 Å². The first-order valence-corrected chi connectivity index (χ1v) is 6.70. The molecule has 0 amide bonds. The van der Waals surface area contributed by atoms with Crippen molar-refractivity contribution < 1.29 is 32.9 Å². The van der Waals surface area contributed by atoms with Gasteiger partial charge in [-0.15, -0.1) is 0 Å². The van der Waals surface area contributed by atoms with Crippen LogP contribution in [0.2, 0.25) is 0 Å². The first kappa shape index (κ1) is 18.2. The van der Waals surface area contributed by atoms with Crippen LogP contribution in [-0.2, 0) is 4.79 Å². The quantitative estimate of drug-likeness (QED) is 0.788. The number of rotatable bonds is 4. The minimum atomic E-state index is -5.08. The van der Waals surface area contributed by atoms with Crippen LogP contribution in [0, 0.1) is 0 Å². The van der Waals surface area contributed by atoms with Gasteiger partial charge < -0.3 is 20.3 Å². The third-order valence-electron chi connectivity index (χ3n) is 2.97. The lowest BCUT2D eigenvalue weighted by Gasteiger charge is -2.18. The van der Waals surface area contributed by atoms with E-state index in [2.05, 4.69) is 5.32 Å². The first-order chi connectivity index (χ1) is 10.3. The van der Waals surface area contributed by atoms with Crippen molar-refractivity contribution in [3.05, 3.63) is 30.3 Å². The van der Waals surface area contributed by atoms with E-state index in [0.29, 0.717) is 6.61 Å². The number of ether oxygens (including phenoxy) is 1. The van der Waals surface area contributed by atoms with E-state index in [9.17, 15) is 18.3 Å². The summed E-state index contributed by atoms with van der Waals surface area (Å²) in [5.74, 6) is -1.94. The summed E-state index contributed by atoms with van der Waals surface area (Å²) in [6, 6.07) is 9.80. The van der Waals surface area contributed by atoms with Crippen LogP contribution >= 0.6 is 0 Å². The smallest absolute Gasteiger partial charge is 0.490 e. The maximum Gasteiger partial charge on any atom is 0.490 e. The van der Waals surface area contributed by atoms with Gasteiger partial charge in [0.25, 0.3) is 0 Å². The molecule has 2 atom stereocenters. The van der Waals surface area contributed by atoms with Gasteiger partial charge in [0.2, 0.25) is 0 Å². The summed E-state index contributed by atoms with van der Waals surface area (Å²) in [4.78, 5) is 8.90. The number of hydrogen-bond donors (Lipinski definition) is 3. The molecule has 1 aliphatic heterocycles. The molecule has 0 radical (unpaired) electrons. The van der Waals surface area contributed by atoms with Gasteiger partial charge in [0.05, 0.1) is 0 Å². The molecule has 0 saturated carbocycles. The van der Waals surface area contributed by atoms with E-state index in [-0.39, 0.29) is 6.04 Å². The van der Waals surface area contributed by atoms with Gasteiger partial charge in [-0.1, -0.05) is 18.2 Å². The van der Waals surface area contributed by atoms with Crippen LogP contribution < -0.4 is 10.1 Å². The fraction of sp³-hybridized carbons (Fsp3) is 0.500. The minimum Gasteiger partial charge on any atom is -0.491 e. The van der Waals surface area contributed by atoms with Crippen LogP contribution in [-0.4, -0.2) is 47.7 Å². The van der Waals surface area contributed by atoms with E-state index < -0.39 is 18.2 Å². The van der Waals surface area contributed by atoms with Crippen LogP contribution in [0.5, 0.6) is 5.75 Å². The summed E-state index contributed by atoms with van der Waals surface area (Å²) in [6.07, 6.45) is -3.31. The number of alkyl halides is 3. The molecule has 2 rings (SSSR count). The highest BCUT2D eigenvalue weighted by molar-refractivity contribution is 5.73. The first-order valence-electron chi connectivity index (χ1n) is 6.70. The second kappa shape index (κ2) is 8.60. The van der Waals surface area contributed by atoms with Gasteiger partial charge in [0.1, 0.15) is 18.5 Å². The normalized spacial score (nSPS) is 19.0. The molecule has 1 aromatic carbocycles. The molecule has 1 unspecified atom stereocenters. The molecule has 0 aromatic heterocycles. The maximum atomic E-state index is 10.6. The average molecular weight is 321 g/mol. The zero-order valence-electron chi connectivity index (χ0n) is 11.7.